The van der Waals surface area contributed by atoms with E-state index in [0.29, 0.717) is 29.9 Å². The van der Waals surface area contributed by atoms with E-state index in [1.807, 2.05) is 30.3 Å². The molecular weight excluding hydrogens is 434 g/mol. The Kier molecular flexibility index (Phi) is 6.75. The first-order chi connectivity index (χ1) is 16.4. The maximum Gasteiger partial charge on any atom is 0.308 e. The highest BCUT2D eigenvalue weighted by atomic mass is 16.5. The van der Waals surface area contributed by atoms with Crippen LogP contribution in [0, 0.1) is 0 Å². The molecule has 0 aromatic heterocycles. The van der Waals surface area contributed by atoms with Crippen LogP contribution < -0.4 is 4.74 Å². The van der Waals surface area contributed by atoms with E-state index < -0.39 is 23.7 Å². The first-order valence-corrected chi connectivity index (χ1v) is 11.0. The van der Waals surface area contributed by atoms with Crippen LogP contribution in [0.5, 0.6) is 5.75 Å². The van der Waals surface area contributed by atoms with Crippen molar-refractivity contribution in [2.45, 2.75) is 19.4 Å². The van der Waals surface area contributed by atoms with Crippen molar-refractivity contribution in [1.82, 2.24) is 4.90 Å². The highest BCUT2D eigenvalue weighted by Gasteiger charge is 2.45. The molecule has 174 valence electrons. The number of nitrogens with zero attached hydrogens (tertiary/aromatic N) is 1. The number of ketones is 1. The van der Waals surface area contributed by atoms with Crippen LogP contribution in [0.4, 0.5) is 0 Å². The van der Waals surface area contributed by atoms with Gasteiger partial charge in [0.25, 0.3) is 11.7 Å². The van der Waals surface area contributed by atoms with Gasteiger partial charge in [0.15, 0.2) is 0 Å². The number of benzene rings is 3. The van der Waals surface area contributed by atoms with Gasteiger partial charge in [-0.15, -0.1) is 0 Å². The number of hydrogen-bond donors (Lipinski definition) is 1. The highest BCUT2D eigenvalue weighted by molar-refractivity contribution is 6.46. The van der Waals surface area contributed by atoms with Gasteiger partial charge in [0.2, 0.25) is 0 Å². The number of esters is 1. The number of methoxy groups -OCH3 is 1. The minimum atomic E-state index is -0.790. The van der Waals surface area contributed by atoms with Crippen molar-refractivity contribution in [1.29, 1.82) is 0 Å². The summed E-state index contributed by atoms with van der Waals surface area (Å²) in [7, 11) is 1.57. The number of aliphatic hydroxyl groups excluding tert-OH is 1. The van der Waals surface area contributed by atoms with Gasteiger partial charge < -0.3 is 19.5 Å². The first kappa shape index (κ1) is 23.2. The Bertz CT molecular complexity index is 1270. The summed E-state index contributed by atoms with van der Waals surface area (Å²) < 4.78 is 10.2. The minimum Gasteiger partial charge on any atom is -0.507 e. The molecule has 0 spiro atoms. The van der Waals surface area contributed by atoms with E-state index in [0.717, 1.165) is 10.8 Å². The Morgan fingerprint density at radius 3 is 2.41 bits per heavy atom. The lowest BCUT2D eigenvalue weighted by Crippen LogP contribution is -2.31. The molecule has 0 aliphatic carbocycles. The fourth-order valence-electron chi connectivity index (χ4n) is 4.30. The van der Waals surface area contributed by atoms with Crippen molar-refractivity contribution >= 4 is 34.2 Å². The molecule has 1 amide bonds. The highest BCUT2D eigenvalue weighted by Crippen LogP contribution is 2.41. The molecule has 4 rings (SSSR count). The van der Waals surface area contributed by atoms with Crippen LogP contribution in [0.2, 0.25) is 0 Å². The van der Waals surface area contributed by atoms with Crippen molar-refractivity contribution in [2.24, 2.45) is 0 Å². The fourth-order valence-corrected chi connectivity index (χ4v) is 4.30. The molecule has 0 radical (unpaired) electrons. The van der Waals surface area contributed by atoms with Crippen molar-refractivity contribution in [3.05, 3.63) is 83.4 Å². The second kappa shape index (κ2) is 9.89. The van der Waals surface area contributed by atoms with Gasteiger partial charge in [-0.05, 0) is 34.9 Å². The summed E-state index contributed by atoms with van der Waals surface area (Å²) in [6.45, 7) is 2.01. The smallest absolute Gasteiger partial charge is 0.308 e. The summed E-state index contributed by atoms with van der Waals surface area (Å²) in [5.41, 5.74) is 1.13. The molecule has 3 aromatic rings. The van der Waals surface area contributed by atoms with E-state index in [1.54, 1.807) is 43.5 Å². The van der Waals surface area contributed by atoms with Gasteiger partial charge in [0, 0.05) is 32.7 Å². The molecule has 1 atom stereocenters. The molecule has 1 saturated heterocycles. The van der Waals surface area contributed by atoms with Gasteiger partial charge in [0.05, 0.1) is 11.6 Å². The predicted octanol–water partition coefficient (Wildman–Crippen LogP) is 4.22. The number of fused-ring (bicyclic) bond motifs is 1. The third-order valence-electron chi connectivity index (χ3n) is 5.79. The number of Topliss-reactive ketones (excluding diaryl/α,β-unsaturated/α-hetero) is 1. The molecule has 1 fully saturated rings. The SMILES string of the molecule is COCCCN1C(=O)C(=O)/C(=C(\O)c2cccc3ccccc23)C1c1ccc(OC(C)=O)cc1. The average molecular weight is 459 g/mol. The topological polar surface area (TPSA) is 93.1 Å². The van der Waals surface area contributed by atoms with Crippen molar-refractivity contribution in [2.75, 3.05) is 20.3 Å². The van der Waals surface area contributed by atoms with Crippen LogP contribution in [0.25, 0.3) is 16.5 Å². The van der Waals surface area contributed by atoms with Gasteiger partial charge in [-0.2, -0.15) is 0 Å². The van der Waals surface area contributed by atoms with Crippen molar-refractivity contribution in [3.8, 4) is 5.75 Å². The summed E-state index contributed by atoms with van der Waals surface area (Å²) in [6, 6.07) is 18.8. The van der Waals surface area contributed by atoms with Crippen LogP contribution in [-0.4, -0.2) is 47.9 Å². The van der Waals surface area contributed by atoms with Crippen molar-refractivity contribution in [3.63, 3.8) is 0 Å². The number of amides is 1. The standard InChI is InChI=1S/C27H25NO6/c1-17(29)34-20-13-11-19(12-14-20)24-23(26(31)27(32)28(24)15-6-16-33-2)25(30)22-10-5-8-18-7-3-4-9-21(18)22/h3-5,7-14,24,30H,6,15-16H2,1-2H3/b25-23-. The number of rotatable bonds is 7. The summed E-state index contributed by atoms with van der Waals surface area (Å²) in [5.74, 6) is -1.74. The summed E-state index contributed by atoms with van der Waals surface area (Å²) in [6.07, 6.45) is 0.528. The van der Waals surface area contributed by atoms with Crippen LogP contribution in [0.15, 0.2) is 72.3 Å². The van der Waals surface area contributed by atoms with Crippen LogP contribution in [-0.2, 0) is 19.1 Å². The molecule has 1 N–H and O–H groups in total. The maximum absolute atomic E-state index is 13.2. The normalized spacial score (nSPS) is 17.4. The molecule has 7 heteroatoms. The Labute approximate surface area is 197 Å². The van der Waals surface area contributed by atoms with Crippen molar-refractivity contribution < 1.29 is 29.0 Å². The second-order valence-electron chi connectivity index (χ2n) is 8.03. The Balaban J connectivity index is 1.85. The molecule has 1 aliphatic heterocycles. The van der Waals surface area contributed by atoms with E-state index in [4.69, 9.17) is 9.47 Å². The number of aliphatic hydroxyl groups is 1. The molecule has 1 unspecified atom stereocenters. The minimum absolute atomic E-state index is 0.0269. The van der Waals surface area contributed by atoms with E-state index >= 15 is 0 Å². The number of hydrogen-bond acceptors (Lipinski definition) is 6. The zero-order valence-electron chi connectivity index (χ0n) is 19.0. The van der Waals surface area contributed by atoms with Crippen LogP contribution in [0.3, 0.4) is 0 Å². The molecular formula is C27H25NO6. The molecule has 1 aliphatic rings. The summed E-state index contributed by atoms with van der Waals surface area (Å²) in [4.78, 5) is 38.9. The lowest BCUT2D eigenvalue weighted by atomic mass is 9.93. The van der Waals surface area contributed by atoms with Gasteiger partial charge in [0.1, 0.15) is 11.5 Å². The molecule has 1 heterocycles. The van der Waals surface area contributed by atoms with E-state index in [9.17, 15) is 19.5 Å². The largest absolute Gasteiger partial charge is 0.507 e. The summed E-state index contributed by atoms with van der Waals surface area (Å²) in [5, 5.41) is 13.1. The molecule has 0 saturated carbocycles. The molecule has 0 bridgehead atoms. The second-order valence-corrected chi connectivity index (χ2v) is 8.03. The molecule has 3 aromatic carbocycles. The Morgan fingerprint density at radius 1 is 1.00 bits per heavy atom. The molecule has 34 heavy (non-hydrogen) atoms. The Hall–Kier alpha value is -3.97. The number of carbonyl (C=O) groups is 3. The number of carbonyl (C=O) groups excluding carboxylic acids is 3. The third-order valence-corrected chi connectivity index (χ3v) is 5.79. The monoisotopic (exact) mass is 459 g/mol. The van der Waals surface area contributed by atoms with E-state index in [-0.39, 0.29) is 17.9 Å². The maximum atomic E-state index is 13.2. The predicted molar refractivity (Wildman–Crippen MR) is 127 cm³/mol. The quantitative estimate of drug-likeness (QED) is 0.142. The van der Waals surface area contributed by atoms with E-state index in [1.165, 1.54) is 11.8 Å². The van der Waals surface area contributed by atoms with Gasteiger partial charge in [-0.1, -0.05) is 54.6 Å². The number of ether oxygens (including phenoxy) is 2. The molecule has 7 nitrogen and oxygen atoms in total. The van der Waals surface area contributed by atoms with E-state index in [2.05, 4.69) is 0 Å². The third kappa shape index (κ3) is 4.43. The fraction of sp³-hybridized carbons (Fsp3) is 0.222. The average Bonchev–Trinajstić information content (AvgIpc) is 3.08. The summed E-state index contributed by atoms with van der Waals surface area (Å²) >= 11 is 0. The number of likely N-dealkylation sites (tertiary alicyclic amines) is 1. The lowest BCUT2D eigenvalue weighted by molar-refractivity contribution is -0.140. The van der Waals surface area contributed by atoms with Crippen LogP contribution in [0.1, 0.15) is 30.5 Å². The first-order valence-electron chi connectivity index (χ1n) is 11.0. The zero-order valence-corrected chi connectivity index (χ0v) is 19.0. The van der Waals surface area contributed by atoms with Gasteiger partial charge in [-0.25, -0.2) is 0 Å². The van der Waals surface area contributed by atoms with Gasteiger partial charge >= 0.3 is 5.97 Å². The lowest BCUT2D eigenvalue weighted by Gasteiger charge is -2.25. The van der Waals surface area contributed by atoms with Gasteiger partial charge in [-0.3, -0.25) is 14.4 Å². The Morgan fingerprint density at radius 2 is 1.71 bits per heavy atom. The van der Waals surface area contributed by atoms with Crippen LogP contribution >= 0.6 is 0 Å². The zero-order chi connectivity index (χ0) is 24.2.